The molecule has 0 saturated carbocycles. The van der Waals surface area contributed by atoms with E-state index >= 15 is 0 Å². The van der Waals surface area contributed by atoms with Gasteiger partial charge in [-0.1, -0.05) is 54.6 Å². The summed E-state index contributed by atoms with van der Waals surface area (Å²) in [5.41, 5.74) is 4.26. The molecule has 0 unspecified atom stereocenters. The van der Waals surface area contributed by atoms with E-state index in [0.29, 0.717) is 44.2 Å². The van der Waals surface area contributed by atoms with Gasteiger partial charge in [0.05, 0.1) is 24.7 Å². The van der Waals surface area contributed by atoms with Gasteiger partial charge in [-0.15, -0.1) is 6.58 Å². The molecule has 6 nitrogen and oxygen atoms in total. The second-order valence-corrected chi connectivity index (χ2v) is 9.10. The van der Waals surface area contributed by atoms with Crippen LogP contribution in [0.15, 0.2) is 85.5 Å². The van der Waals surface area contributed by atoms with Gasteiger partial charge in [-0.2, -0.15) is 0 Å². The molecule has 0 radical (unpaired) electrons. The number of aromatic nitrogens is 2. The van der Waals surface area contributed by atoms with Gasteiger partial charge in [0.2, 0.25) is 5.91 Å². The van der Waals surface area contributed by atoms with Crippen LogP contribution in [0.5, 0.6) is 11.5 Å². The molecular formula is C30H31N3O3. The van der Waals surface area contributed by atoms with Crippen molar-refractivity contribution in [3.8, 4) is 11.5 Å². The monoisotopic (exact) mass is 481 g/mol. The Morgan fingerprint density at radius 3 is 2.64 bits per heavy atom. The van der Waals surface area contributed by atoms with Crippen molar-refractivity contribution < 1.29 is 14.3 Å². The molecule has 2 heterocycles. The van der Waals surface area contributed by atoms with E-state index in [9.17, 15) is 4.79 Å². The number of allylic oxidation sites excluding steroid dienone is 1. The molecule has 36 heavy (non-hydrogen) atoms. The van der Waals surface area contributed by atoms with Crippen molar-refractivity contribution in [1.29, 1.82) is 0 Å². The van der Waals surface area contributed by atoms with E-state index in [2.05, 4.69) is 29.3 Å². The van der Waals surface area contributed by atoms with Crippen molar-refractivity contribution >= 4 is 16.9 Å². The van der Waals surface area contributed by atoms with E-state index in [1.165, 1.54) is 0 Å². The standard InChI is InChI=1S/C30H31N3O3/c1-3-9-22-14-15-27(28(18-22)35-2)36-17-16-33-26-13-8-7-12-25(26)31-30(33)24-19-29(34)32(21-24)20-23-10-5-4-6-11-23/h3-8,10-15,18,24H,1,9,16-17,19-21H2,2H3/t24-/m1/s1. The first-order chi connectivity index (χ1) is 17.7. The zero-order chi connectivity index (χ0) is 24.9. The molecule has 184 valence electrons. The number of amides is 1. The van der Waals surface area contributed by atoms with E-state index in [-0.39, 0.29) is 11.8 Å². The molecule has 1 aliphatic heterocycles. The molecule has 4 aromatic rings. The molecule has 1 saturated heterocycles. The first-order valence-corrected chi connectivity index (χ1v) is 12.3. The van der Waals surface area contributed by atoms with Gasteiger partial charge >= 0.3 is 0 Å². The Kier molecular flexibility index (Phi) is 7.03. The predicted octanol–water partition coefficient (Wildman–Crippen LogP) is 5.37. The van der Waals surface area contributed by atoms with Crippen LogP contribution in [-0.4, -0.2) is 40.6 Å². The van der Waals surface area contributed by atoms with Gasteiger partial charge in [0.25, 0.3) is 0 Å². The highest BCUT2D eigenvalue weighted by Gasteiger charge is 2.34. The number of nitrogens with zero attached hydrogens (tertiary/aromatic N) is 3. The highest BCUT2D eigenvalue weighted by Crippen LogP contribution is 2.32. The SMILES string of the molecule is C=CCc1ccc(OCCn2c([C@@H]3CC(=O)N(Cc4ccccc4)C3)nc3ccccc32)c(OC)c1. The van der Waals surface area contributed by atoms with Crippen molar-refractivity contribution in [2.24, 2.45) is 0 Å². The van der Waals surface area contributed by atoms with Gasteiger partial charge in [-0.05, 0) is 41.8 Å². The average Bonchev–Trinajstić information content (AvgIpc) is 3.45. The lowest BCUT2D eigenvalue weighted by Gasteiger charge is -2.18. The summed E-state index contributed by atoms with van der Waals surface area (Å²) in [6.07, 6.45) is 3.12. The van der Waals surface area contributed by atoms with Crippen LogP contribution in [0.4, 0.5) is 0 Å². The fourth-order valence-electron chi connectivity index (χ4n) is 4.91. The normalized spacial score (nSPS) is 15.4. The van der Waals surface area contributed by atoms with Crippen LogP contribution in [0.2, 0.25) is 0 Å². The predicted molar refractivity (Wildman–Crippen MR) is 141 cm³/mol. The quantitative estimate of drug-likeness (QED) is 0.286. The number of benzene rings is 3. The summed E-state index contributed by atoms with van der Waals surface area (Å²) in [7, 11) is 1.65. The van der Waals surface area contributed by atoms with Crippen LogP contribution in [0.25, 0.3) is 11.0 Å². The van der Waals surface area contributed by atoms with Crippen LogP contribution >= 0.6 is 0 Å². The maximum atomic E-state index is 12.9. The smallest absolute Gasteiger partial charge is 0.223 e. The van der Waals surface area contributed by atoms with Gasteiger partial charge in [0.1, 0.15) is 12.4 Å². The number of fused-ring (bicyclic) bond motifs is 1. The molecule has 0 spiro atoms. The minimum atomic E-state index is 0.0429. The number of carbonyl (C=O) groups is 1. The summed E-state index contributed by atoms with van der Waals surface area (Å²) < 4.78 is 13.9. The van der Waals surface area contributed by atoms with Crippen molar-refractivity contribution in [2.45, 2.75) is 31.8 Å². The molecule has 1 fully saturated rings. The molecule has 1 aromatic heterocycles. The number of rotatable bonds is 10. The Morgan fingerprint density at radius 2 is 1.83 bits per heavy atom. The van der Waals surface area contributed by atoms with Crippen LogP contribution in [0.3, 0.4) is 0 Å². The van der Waals surface area contributed by atoms with Gasteiger partial charge in [-0.25, -0.2) is 4.98 Å². The largest absolute Gasteiger partial charge is 0.493 e. The fourth-order valence-corrected chi connectivity index (χ4v) is 4.91. The molecule has 0 N–H and O–H groups in total. The summed E-state index contributed by atoms with van der Waals surface area (Å²) in [6, 6.07) is 24.2. The number of para-hydroxylation sites is 2. The topological polar surface area (TPSA) is 56.6 Å². The number of methoxy groups -OCH3 is 1. The second kappa shape index (κ2) is 10.7. The summed E-state index contributed by atoms with van der Waals surface area (Å²) in [5, 5.41) is 0. The van der Waals surface area contributed by atoms with E-state index in [4.69, 9.17) is 14.5 Å². The summed E-state index contributed by atoms with van der Waals surface area (Å²) in [4.78, 5) is 19.8. The number of carbonyl (C=O) groups excluding carboxylic acids is 1. The van der Waals surface area contributed by atoms with Gasteiger partial charge in [-0.3, -0.25) is 4.79 Å². The van der Waals surface area contributed by atoms with Crippen LogP contribution in [-0.2, 0) is 24.3 Å². The molecule has 0 aliphatic carbocycles. The van der Waals surface area contributed by atoms with E-state index in [1.54, 1.807) is 7.11 Å². The molecule has 1 atom stereocenters. The molecular weight excluding hydrogens is 450 g/mol. The Labute approximate surface area is 211 Å². The third-order valence-electron chi connectivity index (χ3n) is 6.66. The van der Waals surface area contributed by atoms with Gasteiger partial charge in [0, 0.05) is 25.4 Å². The maximum Gasteiger partial charge on any atom is 0.223 e. The molecule has 1 amide bonds. The minimum Gasteiger partial charge on any atom is -0.493 e. The third-order valence-corrected chi connectivity index (χ3v) is 6.66. The van der Waals surface area contributed by atoms with Crippen LogP contribution in [0.1, 0.15) is 29.3 Å². The lowest BCUT2D eigenvalue weighted by atomic mass is 10.1. The highest BCUT2D eigenvalue weighted by molar-refractivity contribution is 5.81. The Bertz CT molecular complexity index is 1360. The van der Waals surface area contributed by atoms with Crippen molar-refractivity contribution in [1.82, 2.24) is 14.5 Å². The number of likely N-dealkylation sites (tertiary alicyclic amines) is 1. The molecule has 1 aliphatic rings. The molecule has 6 heteroatoms. The van der Waals surface area contributed by atoms with Gasteiger partial charge in [0.15, 0.2) is 11.5 Å². The first-order valence-electron chi connectivity index (χ1n) is 12.3. The summed E-state index contributed by atoms with van der Waals surface area (Å²) in [6.45, 7) is 6.17. The Balaban J connectivity index is 1.34. The summed E-state index contributed by atoms with van der Waals surface area (Å²) in [5.74, 6) is 2.57. The molecule has 0 bridgehead atoms. The Morgan fingerprint density at radius 1 is 1.03 bits per heavy atom. The number of imidazole rings is 1. The zero-order valence-corrected chi connectivity index (χ0v) is 20.6. The zero-order valence-electron chi connectivity index (χ0n) is 20.6. The van der Waals surface area contributed by atoms with Crippen molar-refractivity contribution in [3.05, 3.63) is 102 Å². The third kappa shape index (κ3) is 4.98. The van der Waals surface area contributed by atoms with Crippen molar-refractivity contribution in [2.75, 3.05) is 20.3 Å². The number of hydrogen-bond donors (Lipinski definition) is 0. The second-order valence-electron chi connectivity index (χ2n) is 9.10. The van der Waals surface area contributed by atoms with Crippen LogP contribution < -0.4 is 9.47 Å². The first kappa shape index (κ1) is 23.7. The van der Waals surface area contributed by atoms with Crippen LogP contribution in [0, 0.1) is 0 Å². The summed E-state index contributed by atoms with van der Waals surface area (Å²) >= 11 is 0. The lowest BCUT2D eigenvalue weighted by molar-refractivity contribution is -0.128. The fraction of sp³-hybridized carbons (Fsp3) is 0.267. The van der Waals surface area contributed by atoms with Crippen molar-refractivity contribution in [3.63, 3.8) is 0 Å². The van der Waals surface area contributed by atoms with E-state index in [0.717, 1.165) is 34.4 Å². The van der Waals surface area contributed by atoms with E-state index in [1.807, 2.05) is 65.6 Å². The minimum absolute atomic E-state index is 0.0429. The van der Waals surface area contributed by atoms with E-state index < -0.39 is 0 Å². The number of ether oxygens (including phenoxy) is 2. The highest BCUT2D eigenvalue weighted by atomic mass is 16.5. The molecule has 3 aromatic carbocycles. The average molecular weight is 482 g/mol. The molecule has 5 rings (SSSR count). The van der Waals surface area contributed by atoms with Gasteiger partial charge < -0.3 is 18.9 Å². The number of hydrogen-bond acceptors (Lipinski definition) is 4. The Hall–Kier alpha value is -4.06. The maximum absolute atomic E-state index is 12.9. The lowest BCUT2D eigenvalue weighted by Crippen LogP contribution is -2.24.